The van der Waals surface area contributed by atoms with Crippen LogP contribution in [0.25, 0.3) is 44.6 Å². The molecule has 19 heteroatoms. The average molecular weight is 896 g/mol. The molecule has 0 aliphatic carbocycles. The van der Waals surface area contributed by atoms with Crippen molar-refractivity contribution in [3.05, 3.63) is 114 Å². The Bertz CT molecular complexity index is 2950. The summed E-state index contributed by atoms with van der Waals surface area (Å²) in [5, 5.41) is 26.6. The molecule has 9 rings (SSSR count). The predicted molar refractivity (Wildman–Crippen MR) is 235 cm³/mol. The summed E-state index contributed by atoms with van der Waals surface area (Å²) in [6.45, 7) is 6.66. The van der Waals surface area contributed by atoms with E-state index in [1.165, 1.54) is 18.5 Å². The summed E-state index contributed by atoms with van der Waals surface area (Å²) in [6, 6.07) is 21.9. The number of furan rings is 1. The van der Waals surface area contributed by atoms with Crippen molar-refractivity contribution < 1.29 is 42.1 Å². The third-order valence-corrected chi connectivity index (χ3v) is 10.2. The number of ether oxygens (including phenoxy) is 2. The van der Waals surface area contributed by atoms with Crippen LogP contribution in [0.3, 0.4) is 0 Å². The number of morpholine rings is 1. The molecule has 1 amide bonds. The van der Waals surface area contributed by atoms with Crippen LogP contribution in [0, 0.1) is 0 Å². The first-order valence-corrected chi connectivity index (χ1v) is 20.4. The van der Waals surface area contributed by atoms with Gasteiger partial charge in [0.25, 0.3) is 0 Å². The van der Waals surface area contributed by atoms with E-state index in [1.54, 1.807) is 56.4 Å². The van der Waals surface area contributed by atoms with E-state index in [0.717, 1.165) is 47.5 Å². The van der Waals surface area contributed by atoms with Gasteiger partial charge in [0.1, 0.15) is 34.6 Å². The summed E-state index contributed by atoms with van der Waals surface area (Å²) < 4.78 is 57.9. The number of nitrogens with one attached hydrogen (secondary N) is 2. The van der Waals surface area contributed by atoms with Crippen molar-refractivity contribution in [2.24, 2.45) is 0 Å². The van der Waals surface area contributed by atoms with Gasteiger partial charge >= 0.3 is 6.18 Å². The molecule has 1 aliphatic rings. The van der Waals surface area contributed by atoms with Gasteiger partial charge < -0.3 is 44.2 Å². The number of amides is 1. The lowest BCUT2D eigenvalue weighted by atomic mass is 10.1. The average Bonchev–Trinajstić information content (AvgIpc) is 3.86. The van der Waals surface area contributed by atoms with Crippen molar-refractivity contribution in [2.45, 2.75) is 38.6 Å². The maximum absolute atomic E-state index is 13.0. The zero-order valence-electron chi connectivity index (χ0n) is 34.4. The highest BCUT2D eigenvalue weighted by atomic mass is 35.5. The number of hydrogen-bond acceptors (Lipinski definition) is 13. The van der Waals surface area contributed by atoms with E-state index in [1.807, 2.05) is 35.0 Å². The number of fused-ring (bicyclic) bond motifs is 4. The SMILES string of the molecule is CC(C)(O)CC(=O)NCCn1ccc2ncnc(Nc3ccc(Oc4cccc(C(F)(F)F)c4)c(Cl)c3)c21.Oc1cccc(-c2nc(N3CCOCC3)c3oc4ncccc4c3n2)c1. The largest absolute Gasteiger partial charge is 0.508 e. The fraction of sp³-hybridized carbons (Fsp3) is 0.244. The van der Waals surface area contributed by atoms with Crippen LogP contribution >= 0.6 is 11.6 Å². The minimum atomic E-state index is -4.49. The van der Waals surface area contributed by atoms with Crippen molar-refractivity contribution in [2.75, 3.05) is 43.1 Å². The minimum absolute atomic E-state index is 0.00686. The maximum atomic E-state index is 13.0. The van der Waals surface area contributed by atoms with Crippen molar-refractivity contribution in [3.8, 4) is 28.6 Å². The number of phenolic OH excluding ortho intramolecular Hbond substituents is 1. The number of halogens is 4. The third-order valence-electron chi connectivity index (χ3n) is 9.89. The number of hydrogen-bond donors (Lipinski definition) is 4. The molecule has 0 spiro atoms. The number of benzene rings is 3. The summed E-state index contributed by atoms with van der Waals surface area (Å²) in [4.78, 5) is 36.5. The van der Waals surface area contributed by atoms with Crippen LogP contribution in [-0.4, -0.2) is 84.1 Å². The van der Waals surface area contributed by atoms with Gasteiger partial charge in [-0.15, -0.1) is 0 Å². The van der Waals surface area contributed by atoms with Gasteiger partial charge in [0.15, 0.2) is 23.0 Å². The van der Waals surface area contributed by atoms with Crippen LogP contribution < -0.4 is 20.3 Å². The Morgan fingerprint density at radius 2 is 1.77 bits per heavy atom. The monoisotopic (exact) mass is 895 g/mol. The highest BCUT2D eigenvalue weighted by molar-refractivity contribution is 6.32. The number of pyridine rings is 1. The molecule has 8 aromatic rings. The van der Waals surface area contributed by atoms with E-state index in [9.17, 15) is 28.2 Å². The van der Waals surface area contributed by atoms with Gasteiger partial charge in [-0.25, -0.2) is 24.9 Å². The Kier molecular flexibility index (Phi) is 12.5. The lowest BCUT2D eigenvalue weighted by Crippen LogP contribution is -2.37. The molecule has 6 heterocycles. The topological polar surface area (TPSA) is 186 Å². The first-order chi connectivity index (χ1) is 30.7. The Balaban J connectivity index is 0.000000187. The van der Waals surface area contributed by atoms with Gasteiger partial charge in [-0.3, -0.25) is 4.79 Å². The van der Waals surface area contributed by atoms with Crippen LogP contribution in [0.2, 0.25) is 5.02 Å². The molecule has 64 heavy (non-hydrogen) atoms. The number of aliphatic hydroxyl groups is 1. The van der Waals surface area contributed by atoms with Crippen molar-refractivity contribution in [3.63, 3.8) is 0 Å². The molecular formula is C45H41ClF3N9O6. The Morgan fingerprint density at radius 1 is 0.953 bits per heavy atom. The number of alkyl halides is 3. The smallest absolute Gasteiger partial charge is 0.416 e. The molecule has 1 fully saturated rings. The molecule has 1 aliphatic heterocycles. The summed E-state index contributed by atoms with van der Waals surface area (Å²) in [5.41, 5.74) is 2.68. The van der Waals surface area contributed by atoms with Crippen molar-refractivity contribution in [1.82, 2.24) is 34.8 Å². The van der Waals surface area contributed by atoms with Crippen LogP contribution in [-0.2, 0) is 22.3 Å². The lowest BCUT2D eigenvalue weighted by Gasteiger charge is -2.27. The Labute approximate surface area is 368 Å². The summed E-state index contributed by atoms with van der Waals surface area (Å²) in [6.07, 6.45) is 0.435. The third kappa shape index (κ3) is 10.3. The van der Waals surface area contributed by atoms with Gasteiger partial charge in [0.05, 0.1) is 46.7 Å². The van der Waals surface area contributed by atoms with Gasteiger partial charge in [-0.1, -0.05) is 29.8 Å². The van der Waals surface area contributed by atoms with E-state index in [2.05, 4.69) is 30.5 Å². The molecule has 1 saturated heterocycles. The predicted octanol–water partition coefficient (Wildman–Crippen LogP) is 8.90. The number of rotatable bonds is 11. The maximum Gasteiger partial charge on any atom is 0.416 e. The molecule has 0 atom stereocenters. The van der Waals surface area contributed by atoms with E-state index in [-0.39, 0.29) is 34.6 Å². The first kappa shape index (κ1) is 43.6. The quantitative estimate of drug-likeness (QED) is 0.0966. The highest BCUT2D eigenvalue weighted by Gasteiger charge is 2.31. The van der Waals surface area contributed by atoms with Crippen LogP contribution in [0.5, 0.6) is 17.2 Å². The number of anilines is 3. The zero-order valence-corrected chi connectivity index (χ0v) is 35.2. The van der Waals surface area contributed by atoms with Crippen LogP contribution in [0.15, 0.2) is 108 Å². The van der Waals surface area contributed by atoms with Crippen LogP contribution in [0.1, 0.15) is 25.8 Å². The second kappa shape index (κ2) is 18.4. The molecule has 330 valence electrons. The number of carbonyl (C=O) groups is 1. The molecular weight excluding hydrogens is 855 g/mol. The zero-order chi connectivity index (χ0) is 45.0. The standard InChI is InChI=1S/C26H25ClF3N5O3.C19H16N4O3/c1-25(2,37)14-22(36)31-9-11-35-10-8-20-23(35)24(33-15-32-20)34-17-6-7-21(19(27)13-17)38-18-5-3-4-16(12-18)26(28,29)30;24-13-4-1-3-12(11-13)17-21-15-14-5-2-6-20-19(14)26-16(15)18(22-17)23-7-9-25-10-8-23/h3-8,10,12-13,15,37H,9,11,14H2,1-2H3,(H,31,36)(H,32,33,34);1-6,11,24H,7-10H2. The van der Waals surface area contributed by atoms with Gasteiger partial charge in [-0.2, -0.15) is 13.2 Å². The molecule has 3 aromatic carbocycles. The molecule has 4 N–H and O–H groups in total. The van der Waals surface area contributed by atoms with Crippen molar-refractivity contribution >= 4 is 68.1 Å². The van der Waals surface area contributed by atoms with Gasteiger partial charge in [0.2, 0.25) is 11.6 Å². The number of nitrogens with zero attached hydrogens (tertiary/aromatic N) is 7. The molecule has 0 bridgehead atoms. The van der Waals surface area contributed by atoms with Crippen LogP contribution in [0.4, 0.5) is 30.5 Å². The van der Waals surface area contributed by atoms with E-state index < -0.39 is 17.3 Å². The normalized spacial score (nSPS) is 13.2. The summed E-state index contributed by atoms with van der Waals surface area (Å²) in [7, 11) is 0. The second-order valence-electron chi connectivity index (χ2n) is 15.4. The molecule has 15 nitrogen and oxygen atoms in total. The fourth-order valence-corrected chi connectivity index (χ4v) is 7.19. The number of aromatic hydroxyl groups is 1. The molecule has 0 radical (unpaired) electrons. The summed E-state index contributed by atoms with van der Waals surface area (Å²) in [5.74, 6) is 1.88. The molecule has 5 aromatic heterocycles. The fourth-order valence-electron chi connectivity index (χ4n) is 6.97. The molecule has 0 unspecified atom stereocenters. The minimum Gasteiger partial charge on any atom is -0.508 e. The highest BCUT2D eigenvalue weighted by Crippen LogP contribution is 2.37. The first-order valence-electron chi connectivity index (χ1n) is 20.1. The Morgan fingerprint density at radius 3 is 2.53 bits per heavy atom. The van der Waals surface area contributed by atoms with Crippen molar-refractivity contribution in [1.29, 1.82) is 0 Å². The second-order valence-corrected chi connectivity index (χ2v) is 15.8. The molecule has 0 saturated carbocycles. The summed E-state index contributed by atoms with van der Waals surface area (Å²) >= 11 is 6.36. The lowest BCUT2D eigenvalue weighted by molar-refractivity contribution is -0.137. The van der Waals surface area contributed by atoms with Gasteiger partial charge in [-0.05, 0) is 80.6 Å². The number of phenols is 1. The number of aromatic nitrogens is 6. The number of carbonyl (C=O) groups excluding carboxylic acids is 1. The van der Waals surface area contributed by atoms with E-state index in [4.69, 9.17) is 35.5 Å². The van der Waals surface area contributed by atoms with E-state index >= 15 is 0 Å². The van der Waals surface area contributed by atoms with E-state index in [0.29, 0.717) is 66.0 Å². The van der Waals surface area contributed by atoms with Gasteiger partial charge in [0, 0.05) is 49.8 Å². The Hall–Kier alpha value is -7.02.